The predicted molar refractivity (Wildman–Crippen MR) is 148 cm³/mol. The highest BCUT2D eigenvalue weighted by Gasteiger charge is 2.35. The molecule has 0 radical (unpaired) electrons. The first-order valence-electron chi connectivity index (χ1n) is 13.3. The van der Waals surface area contributed by atoms with E-state index in [1.54, 1.807) is 7.11 Å². The maximum absolute atomic E-state index is 11.8. The van der Waals surface area contributed by atoms with Gasteiger partial charge in [-0.3, -0.25) is 4.79 Å². The second kappa shape index (κ2) is 11.0. The molecule has 1 N–H and O–H groups in total. The van der Waals surface area contributed by atoms with E-state index in [1.165, 1.54) is 13.5 Å². The van der Waals surface area contributed by atoms with Crippen molar-refractivity contribution in [1.29, 1.82) is 0 Å². The fourth-order valence-electron chi connectivity index (χ4n) is 5.86. The summed E-state index contributed by atoms with van der Waals surface area (Å²) in [5.41, 5.74) is 4.07. The minimum Gasteiger partial charge on any atom is -0.496 e. The fourth-order valence-corrected chi connectivity index (χ4v) is 5.86. The number of aromatic nitrogens is 2. The molecule has 0 aliphatic heterocycles. The number of hydrogen-bond donors (Lipinski definition) is 1. The number of hydrogen-bond acceptors (Lipinski definition) is 6. The van der Waals surface area contributed by atoms with Gasteiger partial charge < -0.3 is 24.1 Å². The topological polar surface area (TPSA) is 74.6 Å². The number of methoxy groups -OCH3 is 2. The van der Waals surface area contributed by atoms with Crippen molar-refractivity contribution in [3.05, 3.63) is 42.0 Å². The van der Waals surface area contributed by atoms with Gasteiger partial charge in [0, 0.05) is 24.2 Å². The third-order valence-corrected chi connectivity index (χ3v) is 7.13. The Kier molecular flexibility index (Phi) is 8.00. The van der Waals surface area contributed by atoms with E-state index in [1.807, 2.05) is 38.1 Å². The molecule has 1 saturated carbocycles. The molecule has 1 aromatic heterocycles. The molecular formula is C30H41N3O4. The standard InChI is InChI=1S/C30H41N3O4/c1-19(2)37-24-11-9-22(10-12-24)31-29-32-25-15-21(8-13-28(34)36-7)27(35-6)16-26(25)33(29)23-14-20(3)17-30(4,5)18-23/h9-12,15-16,19-20,23H,8,13-14,17-18H2,1-7H3,(H,31,32)/t20-,23-/m1/s1. The third-order valence-electron chi connectivity index (χ3n) is 7.13. The first kappa shape index (κ1) is 26.8. The summed E-state index contributed by atoms with van der Waals surface area (Å²) in [7, 11) is 3.09. The van der Waals surface area contributed by atoms with Crippen LogP contribution in [0.25, 0.3) is 11.0 Å². The van der Waals surface area contributed by atoms with Crippen LogP contribution < -0.4 is 14.8 Å². The number of carbonyl (C=O) groups is 1. The van der Waals surface area contributed by atoms with Crippen molar-refractivity contribution in [3.8, 4) is 11.5 Å². The van der Waals surface area contributed by atoms with Gasteiger partial charge in [-0.1, -0.05) is 20.8 Å². The lowest BCUT2D eigenvalue weighted by atomic mass is 9.70. The lowest BCUT2D eigenvalue weighted by molar-refractivity contribution is -0.140. The number of esters is 1. The molecule has 4 rings (SSSR count). The Morgan fingerprint density at radius 2 is 1.89 bits per heavy atom. The minimum absolute atomic E-state index is 0.128. The summed E-state index contributed by atoms with van der Waals surface area (Å²) in [6.07, 6.45) is 4.34. The molecular weight excluding hydrogens is 466 g/mol. The minimum atomic E-state index is -0.238. The number of imidazole rings is 1. The SMILES string of the molecule is COC(=O)CCc1cc2nc(Nc3ccc(OC(C)C)cc3)n([C@@H]3C[C@@H](C)CC(C)(C)C3)c2cc1OC. The first-order valence-corrected chi connectivity index (χ1v) is 13.3. The summed E-state index contributed by atoms with van der Waals surface area (Å²) in [6.45, 7) is 11.1. The van der Waals surface area contributed by atoms with Crippen molar-refractivity contribution in [3.63, 3.8) is 0 Å². The van der Waals surface area contributed by atoms with E-state index in [0.717, 1.165) is 52.6 Å². The van der Waals surface area contributed by atoms with E-state index in [-0.39, 0.29) is 17.5 Å². The normalized spacial score (nSPS) is 19.1. The third kappa shape index (κ3) is 6.38. The molecule has 1 fully saturated rings. The van der Waals surface area contributed by atoms with Gasteiger partial charge in [-0.05, 0) is 86.8 Å². The van der Waals surface area contributed by atoms with Gasteiger partial charge in [0.25, 0.3) is 0 Å². The van der Waals surface area contributed by atoms with Crippen molar-refractivity contribution in [2.24, 2.45) is 11.3 Å². The summed E-state index contributed by atoms with van der Waals surface area (Å²) < 4.78 is 18.8. The highest BCUT2D eigenvalue weighted by atomic mass is 16.5. The highest BCUT2D eigenvalue weighted by Crippen LogP contribution is 2.46. The van der Waals surface area contributed by atoms with Crippen molar-refractivity contribution in [2.75, 3.05) is 19.5 Å². The molecule has 0 unspecified atom stereocenters. The summed E-state index contributed by atoms with van der Waals surface area (Å²) in [4.78, 5) is 16.8. The molecule has 2 aromatic carbocycles. The zero-order valence-corrected chi connectivity index (χ0v) is 23.3. The number of nitrogens with zero attached hydrogens (tertiary/aromatic N) is 2. The van der Waals surface area contributed by atoms with Crippen molar-refractivity contribution in [2.45, 2.75) is 78.9 Å². The summed E-state index contributed by atoms with van der Waals surface area (Å²) in [5.74, 6) is 2.81. The maximum atomic E-state index is 11.8. The molecule has 1 aliphatic carbocycles. The van der Waals surface area contributed by atoms with Crippen LogP contribution in [0.3, 0.4) is 0 Å². The number of rotatable bonds is 9. The zero-order chi connectivity index (χ0) is 26.7. The van der Waals surface area contributed by atoms with Gasteiger partial charge in [0.05, 0.1) is 31.4 Å². The Morgan fingerprint density at radius 1 is 1.16 bits per heavy atom. The smallest absolute Gasteiger partial charge is 0.305 e. The number of nitrogens with one attached hydrogen (secondary N) is 1. The van der Waals surface area contributed by atoms with Crippen LogP contribution >= 0.6 is 0 Å². The first-order chi connectivity index (χ1) is 17.6. The molecule has 0 spiro atoms. The van der Waals surface area contributed by atoms with Crippen molar-refractivity contribution in [1.82, 2.24) is 9.55 Å². The molecule has 7 heteroatoms. The van der Waals surface area contributed by atoms with Gasteiger partial charge in [-0.15, -0.1) is 0 Å². The Hall–Kier alpha value is -3.22. The summed E-state index contributed by atoms with van der Waals surface area (Å²) >= 11 is 0. The number of carbonyl (C=O) groups excluding carboxylic acids is 1. The average molecular weight is 508 g/mol. The van der Waals surface area contributed by atoms with E-state index < -0.39 is 0 Å². The van der Waals surface area contributed by atoms with E-state index in [9.17, 15) is 4.79 Å². The van der Waals surface area contributed by atoms with E-state index in [0.29, 0.717) is 24.8 Å². The van der Waals surface area contributed by atoms with Crippen LogP contribution in [0, 0.1) is 11.3 Å². The monoisotopic (exact) mass is 507 g/mol. The number of aryl methyl sites for hydroxylation is 1. The summed E-state index contributed by atoms with van der Waals surface area (Å²) in [6, 6.07) is 12.4. The van der Waals surface area contributed by atoms with Gasteiger partial charge in [0.1, 0.15) is 11.5 Å². The van der Waals surface area contributed by atoms with Gasteiger partial charge >= 0.3 is 5.97 Å². The molecule has 2 atom stereocenters. The molecule has 3 aromatic rings. The molecule has 0 amide bonds. The molecule has 0 saturated heterocycles. The Bertz CT molecular complexity index is 1230. The van der Waals surface area contributed by atoms with Crippen molar-refractivity contribution < 1.29 is 19.0 Å². The van der Waals surface area contributed by atoms with Gasteiger partial charge in [-0.25, -0.2) is 4.98 Å². The molecule has 1 aliphatic rings. The predicted octanol–water partition coefficient (Wildman–Crippen LogP) is 7.07. The number of benzene rings is 2. The maximum Gasteiger partial charge on any atom is 0.305 e. The van der Waals surface area contributed by atoms with E-state index in [4.69, 9.17) is 19.2 Å². The number of fused-ring (bicyclic) bond motifs is 1. The van der Waals surface area contributed by atoms with Crippen LogP contribution in [0.15, 0.2) is 36.4 Å². The fraction of sp³-hybridized carbons (Fsp3) is 0.533. The molecule has 7 nitrogen and oxygen atoms in total. The Morgan fingerprint density at radius 3 is 2.51 bits per heavy atom. The van der Waals surface area contributed by atoms with E-state index in [2.05, 4.69) is 42.8 Å². The highest BCUT2D eigenvalue weighted by molar-refractivity contribution is 5.83. The molecule has 200 valence electrons. The number of ether oxygens (including phenoxy) is 3. The van der Waals surface area contributed by atoms with Crippen LogP contribution in [0.5, 0.6) is 11.5 Å². The van der Waals surface area contributed by atoms with Gasteiger partial charge in [0.15, 0.2) is 0 Å². The molecule has 1 heterocycles. The Balaban J connectivity index is 1.76. The van der Waals surface area contributed by atoms with Gasteiger partial charge in [0.2, 0.25) is 5.95 Å². The van der Waals surface area contributed by atoms with Crippen molar-refractivity contribution >= 4 is 28.6 Å². The quantitative estimate of drug-likeness (QED) is 0.312. The Labute approximate surface area is 220 Å². The number of anilines is 2. The van der Waals surface area contributed by atoms with E-state index >= 15 is 0 Å². The van der Waals surface area contributed by atoms with Crippen LogP contribution in [0.1, 0.15) is 71.9 Å². The average Bonchev–Trinajstić information content (AvgIpc) is 3.17. The van der Waals surface area contributed by atoms with Crippen LogP contribution in [0.4, 0.5) is 11.6 Å². The summed E-state index contributed by atoms with van der Waals surface area (Å²) in [5, 5.41) is 3.58. The molecule has 0 bridgehead atoms. The second-order valence-corrected chi connectivity index (χ2v) is 11.4. The zero-order valence-electron chi connectivity index (χ0n) is 23.3. The molecule has 37 heavy (non-hydrogen) atoms. The second-order valence-electron chi connectivity index (χ2n) is 11.4. The van der Waals surface area contributed by atoms with Crippen LogP contribution in [-0.2, 0) is 16.0 Å². The lowest BCUT2D eigenvalue weighted by Crippen LogP contribution is -2.29. The largest absolute Gasteiger partial charge is 0.496 e. The lowest BCUT2D eigenvalue weighted by Gasteiger charge is -2.40. The van der Waals surface area contributed by atoms with Crippen LogP contribution in [0.2, 0.25) is 0 Å². The van der Waals surface area contributed by atoms with Gasteiger partial charge in [-0.2, -0.15) is 0 Å². The van der Waals surface area contributed by atoms with Crippen LogP contribution in [-0.4, -0.2) is 35.8 Å².